The van der Waals surface area contributed by atoms with Gasteiger partial charge in [-0.15, -0.1) is 11.8 Å². The second-order valence-corrected chi connectivity index (χ2v) is 8.25. The summed E-state index contributed by atoms with van der Waals surface area (Å²) in [5.41, 5.74) is 0.639. The minimum Gasteiger partial charge on any atom is -0.468 e. The molecule has 1 aliphatic rings. The van der Waals surface area contributed by atoms with Gasteiger partial charge < -0.3 is 14.8 Å². The SMILES string of the molecule is COC(=O)CNC(=O)OC(C)(C)C.Cc1cc(Cl)cnc1SC1CC1. The van der Waals surface area contributed by atoms with Crippen molar-refractivity contribution in [3.8, 4) is 0 Å². The summed E-state index contributed by atoms with van der Waals surface area (Å²) in [4.78, 5) is 25.8. The summed E-state index contributed by atoms with van der Waals surface area (Å²) in [5, 5.41) is 4.94. The third-order valence-corrected chi connectivity index (χ3v) is 4.47. The van der Waals surface area contributed by atoms with Crippen molar-refractivity contribution in [3.63, 3.8) is 0 Å². The number of aryl methyl sites for hydroxylation is 1. The molecule has 1 aliphatic carbocycles. The lowest BCUT2D eigenvalue weighted by atomic mass is 10.2. The molecule has 1 aromatic rings. The molecule has 0 aromatic carbocycles. The van der Waals surface area contributed by atoms with Crippen LogP contribution in [0.25, 0.3) is 0 Å². The molecular formula is C17H25ClN2O4S. The lowest BCUT2D eigenvalue weighted by Crippen LogP contribution is -2.35. The maximum absolute atomic E-state index is 10.9. The second-order valence-electron chi connectivity index (χ2n) is 6.52. The molecule has 0 atom stereocenters. The summed E-state index contributed by atoms with van der Waals surface area (Å²) in [5.74, 6) is -0.508. The van der Waals surface area contributed by atoms with Crippen LogP contribution < -0.4 is 5.32 Å². The Morgan fingerprint density at radius 3 is 2.52 bits per heavy atom. The van der Waals surface area contributed by atoms with Crippen LogP contribution in [0.3, 0.4) is 0 Å². The molecule has 0 saturated heterocycles. The van der Waals surface area contributed by atoms with E-state index in [9.17, 15) is 9.59 Å². The van der Waals surface area contributed by atoms with Crippen LogP contribution in [-0.4, -0.2) is 41.6 Å². The third kappa shape index (κ3) is 10.2. The van der Waals surface area contributed by atoms with E-state index in [0.717, 1.165) is 15.3 Å². The standard InChI is InChI=1S/C9H10ClNS.C8H15NO4/c1-6-4-7(10)5-11-9(6)12-8-2-3-8;1-8(2,3)13-7(11)9-5-6(10)12-4/h4-5,8H,2-3H2,1H3;5H2,1-4H3,(H,9,11). The zero-order chi connectivity index (χ0) is 19.0. The fraction of sp³-hybridized carbons (Fsp3) is 0.588. The first-order chi connectivity index (χ1) is 11.6. The van der Waals surface area contributed by atoms with Crippen LogP contribution in [0.15, 0.2) is 17.3 Å². The Kier molecular flexibility index (Phi) is 8.52. The monoisotopic (exact) mass is 388 g/mol. The highest BCUT2D eigenvalue weighted by Gasteiger charge is 2.23. The van der Waals surface area contributed by atoms with E-state index in [1.165, 1.54) is 25.5 Å². The van der Waals surface area contributed by atoms with Gasteiger partial charge in [0.1, 0.15) is 12.1 Å². The first-order valence-corrected chi connectivity index (χ1v) is 9.19. The number of pyridine rings is 1. The van der Waals surface area contributed by atoms with Crippen molar-refractivity contribution in [2.45, 2.75) is 56.4 Å². The van der Waals surface area contributed by atoms with Gasteiger partial charge >= 0.3 is 12.1 Å². The van der Waals surface area contributed by atoms with E-state index in [-0.39, 0.29) is 6.54 Å². The van der Waals surface area contributed by atoms with Gasteiger partial charge in [-0.1, -0.05) is 11.6 Å². The average molecular weight is 389 g/mol. The zero-order valence-corrected chi connectivity index (χ0v) is 16.8. The molecule has 1 aromatic heterocycles. The first-order valence-electron chi connectivity index (χ1n) is 7.93. The summed E-state index contributed by atoms with van der Waals surface area (Å²) in [6, 6.07) is 1.97. The minimum atomic E-state index is -0.627. The van der Waals surface area contributed by atoms with Crippen LogP contribution in [-0.2, 0) is 14.3 Å². The third-order valence-electron chi connectivity index (χ3n) is 2.80. The number of nitrogens with one attached hydrogen (secondary N) is 1. The molecule has 0 spiro atoms. The molecule has 0 aliphatic heterocycles. The largest absolute Gasteiger partial charge is 0.468 e. The smallest absolute Gasteiger partial charge is 0.408 e. The van der Waals surface area contributed by atoms with Gasteiger partial charge in [0, 0.05) is 11.4 Å². The number of esters is 1. The number of alkyl carbamates (subject to hydrolysis) is 1. The molecule has 0 bridgehead atoms. The molecule has 25 heavy (non-hydrogen) atoms. The van der Waals surface area contributed by atoms with E-state index in [1.54, 1.807) is 27.0 Å². The van der Waals surface area contributed by atoms with Gasteiger partial charge in [-0.25, -0.2) is 9.78 Å². The van der Waals surface area contributed by atoms with Gasteiger partial charge in [-0.05, 0) is 52.2 Å². The molecule has 1 saturated carbocycles. The number of rotatable bonds is 4. The molecule has 1 amide bonds. The van der Waals surface area contributed by atoms with Gasteiger partial charge in [0.2, 0.25) is 0 Å². The molecular weight excluding hydrogens is 364 g/mol. The van der Waals surface area contributed by atoms with Gasteiger partial charge in [-0.2, -0.15) is 0 Å². The van der Waals surface area contributed by atoms with Crippen molar-refractivity contribution < 1.29 is 19.1 Å². The summed E-state index contributed by atoms with van der Waals surface area (Å²) in [6.45, 7) is 7.11. The van der Waals surface area contributed by atoms with Crippen molar-refractivity contribution in [2.24, 2.45) is 0 Å². The van der Waals surface area contributed by atoms with E-state index < -0.39 is 17.7 Å². The van der Waals surface area contributed by atoms with Gasteiger partial charge in [0.25, 0.3) is 0 Å². The lowest BCUT2D eigenvalue weighted by Gasteiger charge is -2.19. The fourth-order valence-corrected chi connectivity index (χ4v) is 2.78. The molecule has 8 heteroatoms. The normalized spacial score (nSPS) is 13.4. The molecule has 1 heterocycles. The maximum atomic E-state index is 10.9. The Hall–Kier alpha value is -1.47. The predicted molar refractivity (Wildman–Crippen MR) is 99.1 cm³/mol. The number of nitrogens with zero attached hydrogens (tertiary/aromatic N) is 1. The van der Waals surface area contributed by atoms with Crippen LogP contribution in [0, 0.1) is 6.92 Å². The minimum absolute atomic E-state index is 0.175. The number of carbonyl (C=O) groups excluding carboxylic acids is 2. The summed E-state index contributed by atoms with van der Waals surface area (Å²) in [6.07, 6.45) is 3.78. The summed E-state index contributed by atoms with van der Waals surface area (Å²) in [7, 11) is 1.25. The van der Waals surface area contributed by atoms with Gasteiger partial charge in [-0.3, -0.25) is 4.79 Å². The number of carbonyl (C=O) groups is 2. The van der Waals surface area contributed by atoms with E-state index in [4.69, 9.17) is 16.3 Å². The highest BCUT2D eigenvalue weighted by atomic mass is 35.5. The van der Waals surface area contributed by atoms with Crippen molar-refractivity contribution in [3.05, 3.63) is 22.8 Å². The Labute approximate surface area is 158 Å². The maximum Gasteiger partial charge on any atom is 0.408 e. The van der Waals surface area contributed by atoms with E-state index in [0.29, 0.717) is 0 Å². The van der Waals surface area contributed by atoms with Crippen molar-refractivity contribution in [1.29, 1.82) is 0 Å². The van der Waals surface area contributed by atoms with Crippen LogP contribution in [0.4, 0.5) is 4.79 Å². The molecule has 0 radical (unpaired) electrons. The van der Waals surface area contributed by atoms with Crippen LogP contribution in [0.1, 0.15) is 39.2 Å². The van der Waals surface area contributed by atoms with Crippen LogP contribution in [0.5, 0.6) is 0 Å². The molecule has 2 rings (SSSR count). The van der Waals surface area contributed by atoms with Crippen LogP contribution >= 0.6 is 23.4 Å². The van der Waals surface area contributed by atoms with E-state index in [2.05, 4.69) is 22.0 Å². The number of methoxy groups -OCH3 is 1. The lowest BCUT2D eigenvalue weighted by molar-refractivity contribution is -0.139. The van der Waals surface area contributed by atoms with Gasteiger partial charge in [0.15, 0.2) is 0 Å². The number of ether oxygens (including phenoxy) is 2. The molecule has 0 unspecified atom stereocenters. The van der Waals surface area contributed by atoms with Crippen molar-refractivity contribution >= 4 is 35.4 Å². The fourth-order valence-electron chi connectivity index (χ4n) is 1.53. The second kappa shape index (κ2) is 9.87. The molecule has 6 nitrogen and oxygen atoms in total. The number of aromatic nitrogens is 1. The van der Waals surface area contributed by atoms with E-state index in [1.807, 2.05) is 17.8 Å². The molecule has 140 valence electrons. The zero-order valence-electron chi connectivity index (χ0n) is 15.2. The van der Waals surface area contributed by atoms with E-state index >= 15 is 0 Å². The quantitative estimate of drug-likeness (QED) is 0.786. The van der Waals surface area contributed by atoms with Crippen molar-refractivity contribution in [2.75, 3.05) is 13.7 Å². The summed E-state index contributed by atoms with van der Waals surface area (Å²) < 4.78 is 9.20. The molecule has 1 N–H and O–H groups in total. The average Bonchev–Trinajstić information content (AvgIpc) is 3.31. The number of amides is 1. The number of hydrogen-bond acceptors (Lipinski definition) is 6. The first kappa shape index (κ1) is 21.6. The predicted octanol–water partition coefficient (Wildman–Crippen LogP) is 3.98. The molecule has 1 fully saturated rings. The summed E-state index contributed by atoms with van der Waals surface area (Å²) >= 11 is 7.67. The number of thioether (sulfide) groups is 1. The number of halogens is 1. The van der Waals surface area contributed by atoms with Crippen molar-refractivity contribution in [1.82, 2.24) is 10.3 Å². The Bertz CT molecular complexity index is 601. The van der Waals surface area contributed by atoms with Gasteiger partial charge in [0.05, 0.1) is 17.2 Å². The highest BCUT2D eigenvalue weighted by molar-refractivity contribution is 8.00. The topological polar surface area (TPSA) is 77.5 Å². The number of hydrogen-bond donors (Lipinski definition) is 1. The highest BCUT2D eigenvalue weighted by Crippen LogP contribution is 2.39. The van der Waals surface area contributed by atoms with Crippen LogP contribution in [0.2, 0.25) is 5.02 Å². The Balaban J connectivity index is 0.000000250. The Morgan fingerprint density at radius 2 is 2.04 bits per heavy atom. The Morgan fingerprint density at radius 1 is 1.40 bits per heavy atom.